The quantitative estimate of drug-likeness (QED) is 0.400. The van der Waals surface area contributed by atoms with Crippen LogP contribution in [0.2, 0.25) is 0 Å². The van der Waals surface area contributed by atoms with Gasteiger partial charge >= 0.3 is 5.97 Å². The van der Waals surface area contributed by atoms with Gasteiger partial charge in [0, 0.05) is 0 Å². The molecule has 0 spiro atoms. The molecule has 1 N–H and O–H groups in total. The number of carbonyl (C=O) groups is 1. The fourth-order valence-corrected chi connectivity index (χ4v) is 3.28. The standard InChI is InChI=1S/C23H32O3/c1-2-3-4-5-6-7-8-9-10-13-16-26-22-18-20-15-12-11-14-19(20)17-21(22)23(24)25/h11-12,14-15,17-18H,2-10,13,16H2,1H3,(H,24,25). The molecular formula is C23H32O3. The number of ether oxygens (including phenoxy) is 1. The lowest BCUT2D eigenvalue weighted by molar-refractivity contribution is 0.0692. The van der Waals surface area contributed by atoms with Crippen molar-refractivity contribution in [1.29, 1.82) is 0 Å². The average molecular weight is 357 g/mol. The first-order valence-electron chi connectivity index (χ1n) is 10.1. The number of carboxylic acid groups (broad SMARTS) is 1. The third kappa shape index (κ3) is 6.70. The maximum absolute atomic E-state index is 11.5. The molecule has 0 heterocycles. The third-order valence-corrected chi connectivity index (χ3v) is 4.83. The Morgan fingerprint density at radius 3 is 1.96 bits per heavy atom. The lowest BCUT2D eigenvalue weighted by Crippen LogP contribution is -2.04. The normalized spacial score (nSPS) is 11.0. The van der Waals surface area contributed by atoms with Gasteiger partial charge in [0.05, 0.1) is 6.61 Å². The number of hydrogen-bond acceptors (Lipinski definition) is 2. The highest BCUT2D eigenvalue weighted by molar-refractivity contribution is 5.97. The number of rotatable bonds is 13. The highest BCUT2D eigenvalue weighted by Crippen LogP contribution is 2.26. The average Bonchev–Trinajstić information content (AvgIpc) is 2.65. The van der Waals surface area contributed by atoms with E-state index in [0.717, 1.165) is 23.6 Å². The smallest absolute Gasteiger partial charge is 0.339 e. The molecule has 0 aliphatic rings. The summed E-state index contributed by atoms with van der Waals surface area (Å²) in [5.41, 5.74) is 0.246. The molecule has 0 bridgehead atoms. The van der Waals surface area contributed by atoms with Crippen molar-refractivity contribution >= 4 is 16.7 Å². The van der Waals surface area contributed by atoms with Crippen LogP contribution in [0.15, 0.2) is 36.4 Å². The van der Waals surface area contributed by atoms with Crippen molar-refractivity contribution in [3.05, 3.63) is 42.0 Å². The summed E-state index contributed by atoms with van der Waals surface area (Å²) in [6.07, 6.45) is 12.8. The predicted molar refractivity (Wildman–Crippen MR) is 108 cm³/mol. The lowest BCUT2D eigenvalue weighted by Gasteiger charge is -2.11. The molecule has 26 heavy (non-hydrogen) atoms. The van der Waals surface area contributed by atoms with Crippen LogP contribution < -0.4 is 4.74 Å². The van der Waals surface area contributed by atoms with Crippen molar-refractivity contribution in [3.8, 4) is 5.75 Å². The maximum atomic E-state index is 11.5. The van der Waals surface area contributed by atoms with Crippen molar-refractivity contribution in [2.75, 3.05) is 6.61 Å². The summed E-state index contributed by atoms with van der Waals surface area (Å²) >= 11 is 0. The Balaban J connectivity index is 1.69. The molecule has 142 valence electrons. The Bertz CT molecular complexity index is 678. The minimum atomic E-state index is -0.936. The monoisotopic (exact) mass is 356 g/mol. The van der Waals surface area contributed by atoms with Crippen molar-refractivity contribution in [1.82, 2.24) is 0 Å². The molecular weight excluding hydrogens is 324 g/mol. The van der Waals surface area contributed by atoms with Crippen LogP contribution in [-0.4, -0.2) is 17.7 Å². The van der Waals surface area contributed by atoms with Gasteiger partial charge in [-0.2, -0.15) is 0 Å². The van der Waals surface area contributed by atoms with Crippen LogP contribution in [0.25, 0.3) is 10.8 Å². The number of hydrogen-bond donors (Lipinski definition) is 1. The fraction of sp³-hybridized carbons (Fsp3) is 0.522. The second-order valence-electron chi connectivity index (χ2n) is 7.03. The number of unbranched alkanes of at least 4 members (excludes halogenated alkanes) is 9. The Morgan fingerprint density at radius 1 is 0.846 bits per heavy atom. The van der Waals surface area contributed by atoms with E-state index in [0.29, 0.717) is 12.4 Å². The van der Waals surface area contributed by atoms with Gasteiger partial charge in [0.2, 0.25) is 0 Å². The van der Waals surface area contributed by atoms with Gasteiger partial charge < -0.3 is 9.84 Å². The number of carboxylic acids is 1. The minimum absolute atomic E-state index is 0.246. The number of fused-ring (bicyclic) bond motifs is 1. The van der Waals surface area contributed by atoms with Crippen molar-refractivity contribution < 1.29 is 14.6 Å². The topological polar surface area (TPSA) is 46.5 Å². The van der Waals surface area contributed by atoms with E-state index in [1.54, 1.807) is 6.07 Å². The molecule has 0 aliphatic carbocycles. The molecule has 2 rings (SSSR count). The van der Waals surface area contributed by atoms with Crippen molar-refractivity contribution in [2.24, 2.45) is 0 Å². The zero-order valence-corrected chi connectivity index (χ0v) is 16.0. The van der Waals surface area contributed by atoms with E-state index < -0.39 is 5.97 Å². The second kappa shape index (κ2) is 11.6. The van der Waals surface area contributed by atoms with E-state index in [1.165, 1.54) is 51.4 Å². The Morgan fingerprint density at radius 2 is 1.38 bits per heavy atom. The van der Waals surface area contributed by atoms with Crippen LogP contribution in [0.5, 0.6) is 5.75 Å². The van der Waals surface area contributed by atoms with E-state index in [-0.39, 0.29) is 5.56 Å². The molecule has 0 aliphatic heterocycles. The zero-order chi connectivity index (χ0) is 18.6. The molecule has 3 nitrogen and oxygen atoms in total. The van der Waals surface area contributed by atoms with Gasteiger partial charge in [0.15, 0.2) is 0 Å². The summed E-state index contributed by atoms with van der Waals surface area (Å²) in [6.45, 7) is 2.83. The van der Waals surface area contributed by atoms with Crippen LogP contribution >= 0.6 is 0 Å². The second-order valence-corrected chi connectivity index (χ2v) is 7.03. The molecule has 0 amide bonds. The highest BCUT2D eigenvalue weighted by Gasteiger charge is 2.12. The van der Waals surface area contributed by atoms with Gasteiger partial charge in [-0.05, 0) is 29.3 Å². The third-order valence-electron chi connectivity index (χ3n) is 4.83. The molecule has 0 radical (unpaired) electrons. The largest absolute Gasteiger partial charge is 0.493 e. The zero-order valence-electron chi connectivity index (χ0n) is 16.0. The first-order chi connectivity index (χ1) is 12.7. The first-order valence-corrected chi connectivity index (χ1v) is 10.1. The predicted octanol–water partition coefficient (Wildman–Crippen LogP) is 6.84. The molecule has 0 unspecified atom stereocenters. The molecule has 0 saturated carbocycles. The summed E-state index contributed by atoms with van der Waals surface area (Å²) in [5, 5.41) is 11.4. The van der Waals surface area contributed by atoms with Gasteiger partial charge in [-0.15, -0.1) is 0 Å². The van der Waals surface area contributed by atoms with Crippen molar-refractivity contribution in [3.63, 3.8) is 0 Å². The highest BCUT2D eigenvalue weighted by atomic mass is 16.5. The summed E-state index contributed by atoms with van der Waals surface area (Å²) in [7, 11) is 0. The van der Waals surface area contributed by atoms with Crippen molar-refractivity contribution in [2.45, 2.75) is 71.1 Å². The molecule has 3 heteroatoms. The first kappa shape index (κ1) is 20.3. The van der Waals surface area contributed by atoms with Crippen LogP contribution in [0.3, 0.4) is 0 Å². The maximum Gasteiger partial charge on any atom is 0.339 e. The van der Waals surface area contributed by atoms with Gasteiger partial charge in [0.25, 0.3) is 0 Å². The van der Waals surface area contributed by atoms with Crippen LogP contribution in [0, 0.1) is 0 Å². The van der Waals surface area contributed by atoms with Gasteiger partial charge in [-0.25, -0.2) is 4.79 Å². The molecule has 2 aromatic carbocycles. The summed E-state index contributed by atoms with van der Waals surface area (Å²) in [4.78, 5) is 11.5. The Hall–Kier alpha value is -2.03. The molecule has 0 atom stereocenters. The van der Waals surface area contributed by atoms with Gasteiger partial charge in [0.1, 0.15) is 11.3 Å². The number of benzene rings is 2. The molecule has 0 fully saturated rings. The lowest BCUT2D eigenvalue weighted by atomic mass is 10.1. The van der Waals surface area contributed by atoms with Crippen LogP contribution in [0.4, 0.5) is 0 Å². The molecule has 2 aromatic rings. The van der Waals surface area contributed by atoms with Gasteiger partial charge in [-0.1, -0.05) is 89.0 Å². The van der Waals surface area contributed by atoms with E-state index in [1.807, 2.05) is 30.3 Å². The van der Waals surface area contributed by atoms with Crippen LogP contribution in [0.1, 0.15) is 81.5 Å². The van der Waals surface area contributed by atoms with E-state index in [9.17, 15) is 9.90 Å². The fourth-order valence-electron chi connectivity index (χ4n) is 3.28. The molecule has 0 saturated heterocycles. The minimum Gasteiger partial charge on any atom is -0.493 e. The van der Waals surface area contributed by atoms with Crippen LogP contribution in [-0.2, 0) is 0 Å². The summed E-state index contributed by atoms with van der Waals surface area (Å²) in [6, 6.07) is 11.3. The number of aromatic carboxylic acids is 1. The Kier molecular flexibility index (Phi) is 9.02. The van der Waals surface area contributed by atoms with E-state index >= 15 is 0 Å². The van der Waals surface area contributed by atoms with E-state index in [2.05, 4.69) is 6.92 Å². The summed E-state index contributed by atoms with van der Waals surface area (Å²) < 4.78 is 5.80. The summed E-state index contributed by atoms with van der Waals surface area (Å²) in [5.74, 6) is -0.457. The molecule has 0 aromatic heterocycles. The van der Waals surface area contributed by atoms with E-state index in [4.69, 9.17) is 4.74 Å². The van der Waals surface area contributed by atoms with Gasteiger partial charge in [-0.3, -0.25) is 0 Å². The Labute approximate surface area is 157 Å². The SMILES string of the molecule is CCCCCCCCCCCCOc1cc2ccccc2cc1C(=O)O.